The molecule has 2 rings (SSSR count). The van der Waals surface area contributed by atoms with Crippen LogP contribution in [0.4, 0.5) is 0 Å². The molecule has 0 amide bonds. The first-order valence-electron chi connectivity index (χ1n) is 6.72. The summed E-state index contributed by atoms with van der Waals surface area (Å²) in [7, 11) is 1.55. The molecule has 22 heavy (non-hydrogen) atoms. The molecule has 0 saturated carbocycles. The molecule has 0 radical (unpaired) electrons. The van der Waals surface area contributed by atoms with Crippen molar-refractivity contribution in [1.82, 2.24) is 0 Å². The number of para-hydroxylation sites is 1. The molecule has 0 bridgehead atoms. The monoisotopic (exact) mass is 341 g/mol. The standard InChI is InChI=1S/C16H17Cl2NO3/c1-20-15-9-11(10-19)8-13(18)16(15)22-7-6-21-14-5-3-2-4-12(14)17/h2-5,8-9H,6-7,10,19H2,1H3. The van der Waals surface area contributed by atoms with Gasteiger partial charge in [-0.3, -0.25) is 0 Å². The average Bonchev–Trinajstić information content (AvgIpc) is 2.53. The average molecular weight is 342 g/mol. The summed E-state index contributed by atoms with van der Waals surface area (Å²) < 4.78 is 16.5. The highest BCUT2D eigenvalue weighted by atomic mass is 35.5. The molecule has 0 fully saturated rings. The van der Waals surface area contributed by atoms with E-state index in [2.05, 4.69) is 0 Å². The zero-order chi connectivity index (χ0) is 15.9. The highest BCUT2D eigenvalue weighted by molar-refractivity contribution is 6.32. The molecule has 0 aromatic heterocycles. The van der Waals surface area contributed by atoms with Crippen molar-refractivity contribution < 1.29 is 14.2 Å². The molecule has 0 aliphatic heterocycles. The molecular weight excluding hydrogens is 325 g/mol. The van der Waals surface area contributed by atoms with Crippen molar-refractivity contribution in [2.75, 3.05) is 20.3 Å². The Morgan fingerprint density at radius 3 is 2.36 bits per heavy atom. The molecular formula is C16H17Cl2NO3. The minimum atomic E-state index is 0.309. The van der Waals surface area contributed by atoms with Crippen molar-refractivity contribution in [2.45, 2.75) is 6.54 Å². The molecule has 0 unspecified atom stereocenters. The molecule has 4 nitrogen and oxygen atoms in total. The van der Waals surface area contributed by atoms with E-state index < -0.39 is 0 Å². The Morgan fingerprint density at radius 1 is 0.955 bits per heavy atom. The Kier molecular flexibility index (Phi) is 6.19. The number of hydrogen-bond donors (Lipinski definition) is 1. The Morgan fingerprint density at radius 2 is 1.68 bits per heavy atom. The fraction of sp³-hybridized carbons (Fsp3) is 0.250. The quantitative estimate of drug-likeness (QED) is 0.775. The van der Waals surface area contributed by atoms with Gasteiger partial charge in [0, 0.05) is 6.54 Å². The van der Waals surface area contributed by atoms with E-state index in [-0.39, 0.29) is 0 Å². The zero-order valence-electron chi connectivity index (χ0n) is 12.1. The van der Waals surface area contributed by atoms with Crippen LogP contribution in [0.1, 0.15) is 5.56 Å². The molecule has 2 aromatic carbocycles. The number of rotatable bonds is 7. The van der Waals surface area contributed by atoms with E-state index in [0.717, 1.165) is 5.56 Å². The summed E-state index contributed by atoms with van der Waals surface area (Å²) in [5, 5.41) is 1.02. The van der Waals surface area contributed by atoms with Crippen LogP contribution >= 0.6 is 23.2 Å². The van der Waals surface area contributed by atoms with E-state index >= 15 is 0 Å². The Balaban J connectivity index is 1.96. The van der Waals surface area contributed by atoms with E-state index in [1.165, 1.54) is 0 Å². The van der Waals surface area contributed by atoms with Gasteiger partial charge in [-0.25, -0.2) is 0 Å². The van der Waals surface area contributed by atoms with Gasteiger partial charge in [0.2, 0.25) is 0 Å². The van der Waals surface area contributed by atoms with Gasteiger partial charge in [-0.2, -0.15) is 0 Å². The Hall–Kier alpha value is -1.62. The summed E-state index contributed by atoms with van der Waals surface area (Å²) in [5.74, 6) is 1.64. The third-order valence-electron chi connectivity index (χ3n) is 2.95. The fourth-order valence-electron chi connectivity index (χ4n) is 1.89. The third kappa shape index (κ3) is 4.19. The Bertz CT molecular complexity index is 635. The predicted octanol–water partition coefficient (Wildman–Crippen LogP) is 3.92. The second-order valence-corrected chi connectivity index (χ2v) is 5.25. The minimum absolute atomic E-state index is 0.309. The molecule has 118 valence electrons. The fourth-order valence-corrected chi connectivity index (χ4v) is 2.37. The van der Waals surface area contributed by atoms with Crippen LogP contribution in [0.5, 0.6) is 17.2 Å². The largest absolute Gasteiger partial charge is 0.493 e. The van der Waals surface area contributed by atoms with Crippen LogP contribution in [0, 0.1) is 0 Å². The highest BCUT2D eigenvalue weighted by Gasteiger charge is 2.11. The van der Waals surface area contributed by atoms with Gasteiger partial charge in [0.25, 0.3) is 0 Å². The van der Waals surface area contributed by atoms with Crippen LogP contribution in [-0.2, 0) is 6.54 Å². The van der Waals surface area contributed by atoms with Crippen LogP contribution in [0.25, 0.3) is 0 Å². The van der Waals surface area contributed by atoms with Gasteiger partial charge in [-0.15, -0.1) is 0 Å². The van der Waals surface area contributed by atoms with Gasteiger partial charge in [-0.1, -0.05) is 35.3 Å². The van der Waals surface area contributed by atoms with Gasteiger partial charge in [0.05, 0.1) is 17.2 Å². The SMILES string of the molecule is COc1cc(CN)cc(Cl)c1OCCOc1ccccc1Cl. The maximum absolute atomic E-state index is 6.19. The van der Waals surface area contributed by atoms with Gasteiger partial charge in [0.15, 0.2) is 11.5 Å². The summed E-state index contributed by atoms with van der Waals surface area (Å²) >= 11 is 12.2. The van der Waals surface area contributed by atoms with Crippen molar-refractivity contribution in [3.8, 4) is 17.2 Å². The number of halogens is 2. The van der Waals surface area contributed by atoms with Gasteiger partial charge in [-0.05, 0) is 29.8 Å². The first-order chi connectivity index (χ1) is 10.7. The lowest BCUT2D eigenvalue weighted by molar-refractivity contribution is 0.211. The first kappa shape index (κ1) is 16.7. The lowest BCUT2D eigenvalue weighted by Gasteiger charge is -2.14. The van der Waals surface area contributed by atoms with Crippen molar-refractivity contribution in [2.24, 2.45) is 5.73 Å². The summed E-state index contributed by atoms with van der Waals surface area (Å²) in [6.07, 6.45) is 0. The lowest BCUT2D eigenvalue weighted by Crippen LogP contribution is -2.10. The van der Waals surface area contributed by atoms with Gasteiger partial charge in [0.1, 0.15) is 19.0 Å². The zero-order valence-corrected chi connectivity index (χ0v) is 13.7. The summed E-state index contributed by atoms with van der Waals surface area (Å²) in [6.45, 7) is 1.02. The second-order valence-electron chi connectivity index (χ2n) is 4.44. The molecule has 2 aromatic rings. The lowest BCUT2D eigenvalue weighted by atomic mass is 10.2. The highest BCUT2D eigenvalue weighted by Crippen LogP contribution is 2.36. The van der Waals surface area contributed by atoms with Crippen LogP contribution in [0.2, 0.25) is 10.0 Å². The summed E-state index contributed by atoms with van der Waals surface area (Å²) in [6, 6.07) is 10.8. The smallest absolute Gasteiger partial charge is 0.179 e. The van der Waals surface area contributed by atoms with E-state index in [1.807, 2.05) is 12.1 Å². The van der Waals surface area contributed by atoms with Gasteiger partial charge >= 0.3 is 0 Å². The molecule has 0 spiro atoms. The normalized spacial score (nSPS) is 10.4. The first-order valence-corrected chi connectivity index (χ1v) is 7.48. The maximum atomic E-state index is 6.19. The van der Waals surface area contributed by atoms with E-state index in [4.69, 9.17) is 43.1 Å². The second kappa shape index (κ2) is 8.13. The maximum Gasteiger partial charge on any atom is 0.179 e. The van der Waals surface area contributed by atoms with Gasteiger partial charge < -0.3 is 19.9 Å². The molecule has 6 heteroatoms. The van der Waals surface area contributed by atoms with E-state index in [9.17, 15) is 0 Å². The summed E-state index contributed by atoms with van der Waals surface area (Å²) in [4.78, 5) is 0. The van der Waals surface area contributed by atoms with Crippen molar-refractivity contribution >= 4 is 23.2 Å². The molecule has 0 heterocycles. The van der Waals surface area contributed by atoms with Crippen LogP contribution < -0.4 is 19.9 Å². The molecule has 0 aliphatic rings. The van der Waals surface area contributed by atoms with Crippen LogP contribution in [0.3, 0.4) is 0 Å². The number of hydrogen-bond acceptors (Lipinski definition) is 4. The van der Waals surface area contributed by atoms with E-state index in [0.29, 0.717) is 47.1 Å². The molecule has 0 atom stereocenters. The molecule has 0 saturated heterocycles. The number of ether oxygens (including phenoxy) is 3. The summed E-state index contributed by atoms with van der Waals surface area (Å²) in [5.41, 5.74) is 6.48. The molecule has 0 aliphatic carbocycles. The van der Waals surface area contributed by atoms with Crippen molar-refractivity contribution in [3.05, 3.63) is 52.0 Å². The van der Waals surface area contributed by atoms with Crippen LogP contribution in [-0.4, -0.2) is 20.3 Å². The predicted molar refractivity (Wildman–Crippen MR) is 88.3 cm³/mol. The van der Waals surface area contributed by atoms with Crippen molar-refractivity contribution in [1.29, 1.82) is 0 Å². The van der Waals surface area contributed by atoms with E-state index in [1.54, 1.807) is 31.4 Å². The third-order valence-corrected chi connectivity index (χ3v) is 3.54. The number of benzene rings is 2. The number of methoxy groups -OCH3 is 1. The van der Waals surface area contributed by atoms with Crippen molar-refractivity contribution in [3.63, 3.8) is 0 Å². The van der Waals surface area contributed by atoms with Crippen LogP contribution in [0.15, 0.2) is 36.4 Å². The molecule has 2 N–H and O–H groups in total. The number of nitrogens with two attached hydrogens (primary N) is 1. The minimum Gasteiger partial charge on any atom is -0.493 e. The Labute approximate surface area is 139 Å². The topological polar surface area (TPSA) is 53.7 Å².